The van der Waals surface area contributed by atoms with Crippen LogP contribution in [0.25, 0.3) is 0 Å². The molecule has 105 heavy (non-hydrogen) atoms. The third-order valence-corrected chi connectivity index (χ3v) is 18.8. The molecule has 2 unspecified atom stereocenters. The lowest BCUT2D eigenvalue weighted by molar-refractivity contribution is -0.870. The summed E-state index contributed by atoms with van der Waals surface area (Å²) >= 11 is 0. The van der Waals surface area contributed by atoms with E-state index in [9.17, 15) is 19.5 Å². The first-order chi connectivity index (χ1) is 51.6. The normalized spacial score (nSPS) is 13.4. The van der Waals surface area contributed by atoms with Crippen LogP contribution < -0.4 is 0 Å². The van der Waals surface area contributed by atoms with Crippen LogP contribution in [-0.2, 0) is 33.3 Å². The summed E-state index contributed by atoms with van der Waals surface area (Å²) in [6, 6.07) is 0. The van der Waals surface area contributed by atoms with Crippen molar-refractivity contribution in [2.24, 2.45) is 0 Å². The molecule has 600 valence electrons. The van der Waals surface area contributed by atoms with E-state index in [1.807, 2.05) is 21.1 Å². The highest BCUT2D eigenvalue weighted by Gasteiger charge is 2.25. The molecular formula is C96H164NO8+. The van der Waals surface area contributed by atoms with Crippen LogP contribution in [0.1, 0.15) is 373 Å². The van der Waals surface area contributed by atoms with Crippen molar-refractivity contribution in [3.05, 3.63) is 158 Å². The molecule has 0 aromatic rings. The lowest BCUT2D eigenvalue weighted by Crippen LogP contribution is -2.40. The van der Waals surface area contributed by atoms with Crippen LogP contribution in [0.4, 0.5) is 0 Å². The molecule has 0 heterocycles. The summed E-state index contributed by atoms with van der Waals surface area (Å²) in [6.07, 6.45) is 123. The minimum Gasteiger partial charge on any atom is -0.477 e. The number of carboxylic acids is 1. The summed E-state index contributed by atoms with van der Waals surface area (Å²) in [7, 11) is 5.98. The summed E-state index contributed by atoms with van der Waals surface area (Å²) in [5.41, 5.74) is 0. The number of carbonyl (C=O) groups excluding carboxylic acids is 2. The molecule has 0 amide bonds. The number of rotatable bonds is 80. The maximum Gasteiger partial charge on any atom is 0.361 e. The molecule has 0 spiro atoms. The monoisotopic (exact) mass is 1460 g/mol. The summed E-state index contributed by atoms with van der Waals surface area (Å²) in [5.74, 6) is -2.00. The number of likely N-dealkylation sites (N-methyl/N-ethyl adjacent to an activating group) is 1. The SMILES string of the molecule is CC/C=C\C/C=C\C/C=C\C/C=C\C/C=C\C/C=C\C/C=C\C/C=C\C/C=C\C/C=C\CCCCCCCCCCCCC(=O)OC(COC(=O)CCCCCCCCCCCCCCCCCCCCCCCCCC/C=C\C/C=C\C/C=C\CCCCCCC)COC(OCC[N+](C)(C)C)C(=O)O. The maximum atomic E-state index is 13.0. The Morgan fingerprint density at radius 1 is 0.295 bits per heavy atom. The Kier molecular flexibility index (Phi) is 80.4. The van der Waals surface area contributed by atoms with Gasteiger partial charge in [-0.3, -0.25) is 9.59 Å². The van der Waals surface area contributed by atoms with E-state index in [1.54, 1.807) is 0 Å². The Morgan fingerprint density at radius 2 is 0.543 bits per heavy atom. The van der Waals surface area contributed by atoms with Gasteiger partial charge in [0.1, 0.15) is 13.2 Å². The standard InChI is InChI=1S/C96H163NO8/c1-6-8-10-12-14-16-18-20-22-24-26-28-30-32-34-36-38-40-42-44-46-47-49-51-53-55-57-59-61-63-65-67-69-71-73-75-77-79-81-83-85-87-94(99)105-92(91-104-96(95(100)101)102-89-88-97(3,4)5)90-103-93(98)86-84-82-80-78-76-74-72-70-68-66-64-62-60-58-56-54-52-50-48-45-43-41-39-37-35-33-31-29-27-25-23-21-19-17-15-13-11-9-7-2/h8,10,14,16,19-22,25-28,31-34,38,40,44,46,49,51,55,57,61,63,92,96H,6-7,9,11-13,15,17-18,23-24,29-30,35-37,39,41-43,45,47-48,50,52-54,56,58-60,62,64-91H2,1-5H3/p+1/b10-8-,16-14-,21-19-,22-20-,27-25-,28-26-,33-31-,34-32-,40-38-,46-44-,51-49-,57-55-,63-61-. The van der Waals surface area contributed by atoms with Gasteiger partial charge in [0.2, 0.25) is 0 Å². The Morgan fingerprint density at radius 3 is 0.810 bits per heavy atom. The van der Waals surface area contributed by atoms with Crippen LogP contribution in [0.15, 0.2) is 158 Å². The smallest absolute Gasteiger partial charge is 0.361 e. The quantitative estimate of drug-likeness (QED) is 0.0211. The number of hydrogen-bond donors (Lipinski definition) is 1. The van der Waals surface area contributed by atoms with E-state index < -0.39 is 24.3 Å². The number of ether oxygens (including phenoxy) is 4. The van der Waals surface area contributed by atoms with Gasteiger partial charge in [-0.1, -0.05) is 390 Å². The molecule has 0 saturated heterocycles. The molecule has 0 aromatic carbocycles. The zero-order chi connectivity index (χ0) is 76.0. The van der Waals surface area contributed by atoms with Crippen molar-refractivity contribution in [3.8, 4) is 0 Å². The lowest BCUT2D eigenvalue weighted by Gasteiger charge is -2.25. The number of allylic oxidation sites excluding steroid dienone is 26. The van der Waals surface area contributed by atoms with Crippen molar-refractivity contribution in [3.63, 3.8) is 0 Å². The van der Waals surface area contributed by atoms with Crippen LogP contribution in [-0.4, -0.2) is 87.4 Å². The number of carbonyl (C=O) groups is 3. The van der Waals surface area contributed by atoms with Crippen molar-refractivity contribution in [2.45, 2.75) is 386 Å². The highest BCUT2D eigenvalue weighted by atomic mass is 16.7. The van der Waals surface area contributed by atoms with E-state index in [1.165, 1.54) is 218 Å². The molecule has 0 aliphatic heterocycles. The van der Waals surface area contributed by atoms with Gasteiger partial charge in [-0.15, -0.1) is 0 Å². The zero-order valence-electron chi connectivity index (χ0n) is 68.8. The zero-order valence-corrected chi connectivity index (χ0v) is 68.8. The van der Waals surface area contributed by atoms with E-state index in [0.29, 0.717) is 23.9 Å². The average molecular weight is 1460 g/mol. The minimum atomic E-state index is -1.52. The van der Waals surface area contributed by atoms with Gasteiger partial charge in [-0.05, 0) is 128 Å². The number of carboxylic acid groups (broad SMARTS) is 1. The largest absolute Gasteiger partial charge is 0.477 e. The van der Waals surface area contributed by atoms with E-state index in [-0.39, 0.29) is 32.2 Å². The van der Waals surface area contributed by atoms with Crippen LogP contribution in [0, 0.1) is 0 Å². The van der Waals surface area contributed by atoms with Gasteiger partial charge < -0.3 is 28.5 Å². The van der Waals surface area contributed by atoms with Gasteiger partial charge in [-0.25, -0.2) is 4.79 Å². The van der Waals surface area contributed by atoms with E-state index >= 15 is 0 Å². The summed E-state index contributed by atoms with van der Waals surface area (Å²) < 4.78 is 23.1. The number of aliphatic carboxylic acids is 1. The molecule has 0 radical (unpaired) electrons. The molecule has 0 aromatic heterocycles. The van der Waals surface area contributed by atoms with Crippen LogP contribution in [0.5, 0.6) is 0 Å². The van der Waals surface area contributed by atoms with Crippen molar-refractivity contribution in [1.29, 1.82) is 0 Å². The average Bonchev–Trinajstić information content (AvgIpc) is 1.18. The fraction of sp³-hybridized carbons (Fsp3) is 0.698. The highest BCUT2D eigenvalue weighted by molar-refractivity contribution is 5.71. The fourth-order valence-electron chi connectivity index (χ4n) is 12.2. The number of esters is 2. The van der Waals surface area contributed by atoms with Crippen LogP contribution in [0.2, 0.25) is 0 Å². The van der Waals surface area contributed by atoms with Crippen LogP contribution >= 0.6 is 0 Å². The molecule has 0 bridgehead atoms. The number of nitrogens with zero attached hydrogens (tertiary/aromatic N) is 1. The third-order valence-electron chi connectivity index (χ3n) is 18.8. The molecule has 0 saturated carbocycles. The van der Waals surface area contributed by atoms with Gasteiger partial charge in [0.05, 0.1) is 34.4 Å². The Labute approximate surface area is 648 Å². The van der Waals surface area contributed by atoms with E-state index in [0.717, 1.165) is 122 Å². The third kappa shape index (κ3) is 86.0. The Balaban J connectivity index is 4.03. The summed E-state index contributed by atoms with van der Waals surface area (Å²) in [5, 5.41) is 9.79. The molecule has 0 fully saturated rings. The second-order valence-electron chi connectivity index (χ2n) is 30.1. The van der Waals surface area contributed by atoms with Crippen molar-refractivity contribution >= 4 is 17.9 Å². The molecular weight excluding hydrogens is 1300 g/mol. The number of unbranched alkanes of at least 4 members (excludes halogenated alkanes) is 39. The van der Waals surface area contributed by atoms with E-state index in [2.05, 4.69) is 172 Å². The van der Waals surface area contributed by atoms with Gasteiger partial charge in [0.15, 0.2) is 6.10 Å². The van der Waals surface area contributed by atoms with Crippen molar-refractivity contribution < 1.29 is 42.9 Å². The fourth-order valence-corrected chi connectivity index (χ4v) is 12.2. The highest BCUT2D eigenvalue weighted by Crippen LogP contribution is 2.19. The van der Waals surface area contributed by atoms with Gasteiger partial charge >= 0.3 is 17.9 Å². The van der Waals surface area contributed by atoms with Gasteiger partial charge in [-0.2, -0.15) is 0 Å². The predicted molar refractivity (Wildman–Crippen MR) is 456 cm³/mol. The second kappa shape index (κ2) is 84.5. The number of hydrogen-bond acceptors (Lipinski definition) is 7. The molecule has 1 N–H and O–H groups in total. The molecule has 0 aliphatic rings. The van der Waals surface area contributed by atoms with Crippen molar-refractivity contribution in [2.75, 3.05) is 47.5 Å². The first kappa shape index (κ1) is 99.9. The molecule has 9 nitrogen and oxygen atoms in total. The summed E-state index contributed by atoms with van der Waals surface area (Å²) in [6.45, 7) is 4.77. The van der Waals surface area contributed by atoms with Crippen molar-refractivity contribution in [1.82, 2.24) is 0 Å². The predicted octanol–water partition coefficient (Wildman–Crippen LogP) is 28.7. The summed E-state index contributed by atoms with van der Waals surface area (Å²) in [4.78, 5) is 37.8. The second-order valence-corrected chi connectivity index (χ2v) is 30.1. The first-order valence-corrected chi connectivity index (χ1v) is 43.6. The first-order valence-electron chi connectivity index (χ1n) is 43.6. The topological polar surface area (TPSA) is 108 Å². The van der Waals surface area contributed by atoms with Gasteiger partial charge in [0, 0.05) is 12.8 Å². The minimum absolute atomic E-state index is 0.182. The Hall–Kier alpha value is -5.09. The number of quaternary nitrogens is 1. The van der Waals surface area contributed by atoms with Crippen LogP contribution in [0.3, 0.4) is 0 Å². The maximum absolute atomic E-state index is 13.0. The Bertz CT molecular complexity index is 2300. The van der Waals surface area contributed by atoms with Gasteiger partial charge in [0.25, 0.3) is 6.29 Å². The molecule has 9 heteroatoms. The lowest BCUT2D eigenvalue weighted by atomic mass is 10.0. The molecule has 2 atom stereocenters. The molecule has 0 aliphatic carbocycles. The van der Waals surface area contributed by atoms with E-state index in [4.69, 9.17) is 18.9 Å². The molecule has 0 rings (SSSR count).